The molecule has 5 heteroatoms. The zero-order chi connectivity index (χ0) is 12.3. The van der Waals surface area contributed by atoms with Gasteiger partial charge in [-0.1, -0.05) is 17.7 Å². The summed E-state index contributed by atoms with van der Waals surface area (Å²) in [4.78, 5) is 3.94. The lowest BCUT2D eigenvalue weighted by atomic mass is 10.2. The van der Waals surface area contributed by atoms with Crippen LogP contribution in [0.3, 0.4) is 0 Å². The highest BCUT2D eigenvalue weighted by Crippen LogP contribution is 2.22. The molecule has 0 atom stereocenters. The minimum absolute atomic E-state index is 0.0731. The van der Waals surface area contributed by atoms with Crippen LogP contribution in [0.5, 0.6) is 5.75 Å². The van der Waals surface area contributed by atoms with Gasteiger partial charge in [-0.05, 0) is 34.1 Å². The molecule has 17 heavy (non-hydrogen) atoms. The molecular formula is C12H8BrClFNO. The summed E-state index contributed by atoms with van der Waals surface area (Å²) < 4.78 is 19.7. The van der Waals surface area contributed by atoms with Gasteiger partial charge in [0, 0.05) is 16.2 Å². The number of aromatic nitrogens is 1. The van der Waals surface area contributed by atoms with Crippen LogP contribution in [-0.4, -0.2) is 4.98 Å². The van der Waals surface area contributed by atoms with Crippen LogP contribution in [0.1, 0.15) is 5.56 Å². The van der Waals surface area contributed by atoms with E-state index in [1.807, 2.05) is 0 Å². The molecule has 0 aliphatic rings. The van der Waals surface area contributed by atoms with E-state index in [1.54, 1.807) is 30.6 Å². The highest BCUT2D eigenvalue weighted by molar-refractivity contribution is 9.10. The van der Waals surface area contributed by atoms with E-state index in [4.69, 9.17) is 16.3 Å². The minimum atomic E-state index is -0.375. The van der Waals surface area contributed by atoms with Gasteiger partial charge >= 0.3 is 0 Å². The summed E-state index contributed by atoms with van der Waals surface area (Å²) in [6.07, 6.45) is 3.20. The molecule has 1 aromatic heterocycles. The van der Waals surface area contributed by atoms with E-state index in [-0.39, 0.29) is 12.4 Å². The maximum atomic E-state index is 13.4. The Hall–Kier alpha value is -1.13. The first-order chi connectivity index (χ1) is 8.16. The molecule has 1 heterocycles. The van der Waals surface area contributed by atoms with Crippen LogP contribution in [0.4, 0.5) is 4.39 Å². The number of pyridine rings is 1. The number of rotatable bonds is 3. The Morgan fingerprint density at radius 2 is 2.18 bits per heavy atom. The Bertz CT molecular complexity index is 515. The molecule has 0 radical (unpaired) electrons. The molecule has 0 saturated heterocycles. The van der Waals surface area contributed by atoms with Crippen molar-refractivity contribution < 1.29 is 9.13 Å². The molecule has 0 aliphatic carbocycles. The van der Waals surface area contributed by atoms with E-state index >= 15 is 0 Å². The van der Waals surface area contributed by atoms with Gasteiger partial charge in [0.05, 0.1) is 11.2 Å². The lowest BCUT2D eigenvalue weighted by Crippen LogP contribution is -1.99. The Balaban J connectivity index is 2.13. The second-order valence-corrected chi connectivity index (χ2v) is 4.65. The zero-order valence-electron chi connectivity index (χ0n) is 8.66. The van der Waals surface area contributed by atoms with Crippen molar-refractivity contribution in [3.05, 3.63) is 57.5 Å². The molecule has 0 amide bonds. The van der Waals surface area contributed by atoms with Crippen molar-refractivity contribution >= 4 is 27.5 Å². The Labute approximate surface area is 112 Å². The number of hydrogen-bond donors (Lipinski definition) is 0. The molecule has 0 bridgehead atoms. The predicted octanol–water partition coefficient (Wildman–Crippen LogP) is 4.22. The molecule has 0 aliphatic heterocycles. The SMILES string of the molecule is Fc1cccc(Cl)c1COc1cncc(Br)c1. The van der Waals surface area contributed by atoms with Gasteiger partial charge in [0.25, 0.3) is 0 Å². The molecule has 0 saturated carbocycles. The molecular weight excluding hydrogens is 308 g/mol. The molecule has 0 unspecified atom stereocenters. The lowest BCUT2D eigenvalue weighted by Gasteiger charge is -2.08. The Morgan fingerprint density at radius 3 is 2.88 bits per heavy atom. The predicted molar refractivity (Wildman–Crippen MR) is 67.7 cm³/mol. The summed E-state index contributed by atoms with van der Waals surface area (Å²) >= 11 is 9.16. The zero-order valence-corrected chi connectivity index (χ0v) is 11.0. The van der Waals surface area contributed by atoms with Crippen LogP contribution in [0.15, 0.2) is 41.1 Å². The molecule has 0 spiro atoms. The molecule has 1 aromatic carbocycles. The third-order valence-electron chi connectivity index (χ3n) is 2.12. The minimum Gasteiger partial charge on any atom is -0.487 e. The van der Waals surface area contributed by atoms with E-state index in [2.05, 4.69) is 20.9 Å². The van der Waals surface area contributed by atoms with Gasteiger partial charge in [-0.2, -0.15) is 0 Å². The molecule has 2 rings (SSSR count). The highest BCUT2D eigenvalue weighted by Gasteiger charge is 2.07. The third kappa shape index (κ3) is 3.17. The largest absolute Gasteiger partial charge is 0.487 e. The van der Waals surface area contributed by atoms with Gasteiger partial charge in [-0.25, -0.2) is 4.39 Å². The number of halogens is 3. The number of benzene rings is 1. The fourth-order valence-corrected chi connectivity index (χ4v) is 1.86. The maximum absolute atomic E-state index is 13.4. The monoisotopic (exact) mass is 315 g/mol. The van der Waals surface area contributed by atoms with Crippen molar-refractivity contribution in [1.82, 2.24) is 4.98 Å². The quantitative estimate of drug-likeness (QED) is 0.846. The van der Waals surface area contributed by atoms with E-state index in [0.29, 0.717) is 16.3 Å². The number of hydrogen-bond acceptors (Lipinski definition) is 2. The summed E-state index contributed by atoms with van der Waals surface area (Å²) in [7, 11) is 0. The summed E-state index contributed by atoms with van der Waals surface area (Å²) in [6.45, 7) is 0.0731. The van der Waals surface area contributed by atoms with Crippen molar-refractivity contribution in [3.63, 3.8) is 0 Å². The van der Waals surface area contributed by atoms with E-state index in [9.17, 15) is 4.39 Å². The first kappa shape index (κ1) is 12.3. The van der Waals surface area contributed by atoms with Gasteiger partial charge in [-0.15, -0.1) is 0 Å². The number of nitrogens with zero attached hydrogens (tertiary/aromatic N) is 1. The van der Waals surface area contributed by atoms with Crippen molar-refractivity contribution in [2.24, 2.45) is 0 Å². The smallest absolute Gasteiger partial charge is 0.139 e. The standard InChI is InChI=1S/C12H8BrClFNO/c13-8-4-9(6-16-5-8)17-7-10-11(14)2-1-3-12(10)15/h1-6H,7H2. The van der Waals surface area contributed by atoms with Crippen molar-refractivity contribution in [3.8, 4) is 5.75 Å². The van der Waals surface area contributed by atoms with E-state index in [0.717, 1.165) is 4.47 Å². The highest BCUT2D eigenvalue weighted by atomic mass is 79.9. The molecule has 0 fully saturated rings. The summed E-state index contributed by atoms with van der Waals surface area (Å²) in [5, 5.41) is 0.355. The van der Waals surface area contributed by atoms with Gasteiger partial charge in [-0.3, -0.25) is 4.98 Å². The van der Waals surface area contributed by atoms with Crippen molar-refractivity contribution in [2.45, 2.75) is 6.61 Å². The normalized spacial score (nSPS) is 10.3. The Kier molecular flexibility index (Phi) is 3.97. The Morgan fingerprint density at radius 1 is 1.35 bits per heavy atom. The van der Waals surface area contributed by atoms with Crippen LogP contribution < -0.4 is 4.74 Å². The fraction of sp³-hybridized carbons (Fsp3) is 0.0833. The van der Waals surface area contributed by atoms with Gasteiger partial charge < -0.3 is 4.74 Å². The van der Waals surface area contributed by atoms with Crippen LogP contribution in [0, 0.1) is 5.82 Å². The van der Waals surface area contributed by atoms with Crippen LogP contribution in [0.25, 0.3) is 0 Å². The summed E-state index contributed by atoms with van der Waals surface area (Å²) in [5.74, 6) is 0.180. The van der Waals surface area contributed by atoms with Gasteiger partial charge in [0.2, 0.25) is 0 Å². The maximum Gasteiger partial charge on any atom is 0.139 e. The molecule has 88 valence electrons. The molecule has 0 N–H and O–H groups in total. The van der Waals surface area contributed by atoms with Crippen LogP contribution in [0.2, 0.25) is 5.02 Å². The summed E-state index contributed by atoms with van der Waals surface area (Å²) in [5.41, 5.74) is 0.342. The van der Waals surface area contributed by atoms with Crippen LogP contribution in [-0.2, 0) is 6.61 Å². The average molecular weight is 317 g/mol. The average Bonchev–Trinajstić information content (AvgIpc) is 2.28. The molecule has 2 aromatic rings. The lowest BCUT2D eigenvalue weighted by molar-refractivity contribution is 0.298. The summed E-state index contributed by atoms with van der Waals surface area (Å²) in [6, 6.07) is 6.29. The van der Waals surface area contributed by atoms with E-state index < -0.39 is 0 Å². The number of ether oxygens (including phenoxy) is 1. The fourth-order valence-electron chi connectivity index (χ4n) is 1.30. The first-order valence-corrected chi connectivity index (χ1v) is 6.00. The first-order valence-electron chi connectivity index (χ1n) is 4.83. The van der Waals surface area contributed by atoms with E-state index in [1.165, 1.54) is 6.07 Å². The second kappa shape index (κ2) is 5.47. The topological polar surface area (TPSA) is 22.1 Å². The van der Waals surface area contributed by atoms with Crippen molar-refractivity contribution in [1.29, 1.82) is 0 Å². The van der Waals surface area contributed by atoms with Gasteiger partial charge in [0.1, 0.15) is 18.2 Å². The second-order valence-electron chi connectivity index (χ2n) is 3.33. The van der Waals surface area contributed by atoms with Crippen LogP contribution >= 0.6 is 27.5 Å². The van der Waals surface area contributed by atoms with Crippen molar-refractivity contribution in [2.75, 3.05) is 0 Å². The molecule has 2 nitrogen and oxygen atoms in total. The third-order valence-corrected chi connectivity index (χ3v) is 2.91. The van der Waals surface area contributed by atoms with Gasteiger partial charge in [0.15, 0.2) is 0 Å².